The highest BCUT2D eigenvalue weighted by Crippen LogP contribution is 2.19. The van der Waals surface area contributed by atoms with E-state index in [0.717, 1.165) is 32.8 Å². The molecule has 1 N–H and O–H groups in total. The van der Waals surface area contributed by atoms with Gasteiger partial charge in [0.25, 0.3) is 0 Å². The number of nitrogens with one attached hydrogen (secondary N) is 1. The lowest BCUT2D eigenvalue weighted by molar-refractivity contribution is -0.129. The number of rotatable bonds is 5. The molecule has 2 amide bonds. The zero-order valence-corrected chi connectivity index (χ0v) is 12.4. The first-order valence-corrected chi connectivity index (χ1v) is 7.45. The molecule has 6 nitrogen and oxygen atoms in total. The van der Waals surface area contributed by atoms with Crippen LogP contribution < -0.4 is 5.32 Å². The van der Waals surface area contributed by atoms with Crippen molar-refractivity contribution in [2.45, 2.75) is 26.3 Å². The van der Waals surface area contributed by atoms with Crippen molar-refractivity contribution in [1.29, 1.82) is 0 Å². The maximum atomic E-state index is 12.1. The summed E-state index contributed by atoms with van der Waals surface area (Å²) in [6.07, 6.45) is 0.349. The smallest absolute Gasteiger partial charge is 0.225 e. The molecule has 2 aliphatic heterocycles. The second-order valence-corrected chi connectivity index (χ2v) is 5.79. The van der Waals surface area contributed by atoms with Gasteiger partial charge in [0.05, 0.1) is 19.1 Å². The van der Waals surface area contributed by atoms with Gasteiger partial charge in [-0.15, -0.1) is 0 Å². The van der Waals surface area contributed by atoms with E-state index < -0.39 is 0 Å². The molecule has 0 aromatic rings. The summed E-state index contributed by atoms with van der Waals surface area (Å²) in [6.45, 7) is 9.42. The number of carbonyl (C=O) groups excluding carboxylic acids is 2. The van der Waals surface area contributed by atoms with E-state index in [1.807, 2.05) is 13.8 Å². The molecule has 1 atom stereocenters. The molecule has 0 aromatic heterocycles. The van der Waals surface area contributed by atoms with Crippen LogP contribution in [0.1, 0.15) is 20.3 Å². The number of ether oxygens (including phenoxy) is 1. The molecule has 0 unspecified atom stereocenters. The van der Waals surface area contributed by atoms with Crippen LogP contribution in [0.5, 0.6) is 0 Å². The van der Waals surface area contributed by atoms with Crippen LogP contribution in [-0.4, -0.2) is 73.6 Å². The molecule has 0 spiro atoms. The minimum absolute atomic E-state index is 0.00904. The standard InChI is InChI=1S/C14H25N3O3/c1-11(2)17-10-12(9-13(17)18)14(19)15-3-4-16-5-7-20-8-6-16/h11-12H,3-10H2,1-2H3,(H,15,19)/t12-/m1/s1. The molecule has 0 saturated carbocycles. The maximum Gasteiger partial charge on any atom is 0.225 e. The Hall–Kier alpha value is -1.14. The van der Waals surface area contributed by atoms with E-state index >= 15 is 0 Å². The summed E-state index contributed by atoms with van der Waals surface area (Å²) in [6, 6.07) is 0.175. The summed E-state index contributed by atoms with van der Waals surface area (Å²) in [5.74, 6) is -0.0855. The maximum absolute atomic E-state index is 12.1. The van der Waals surface area contributed by atoms with Crippen LogP contribution in [0.3, 0.4) is 0 Å². The van der Waals surface area contributed by atoms with Crippen LogP contribution in [0.4, 0.5) is 0 Å². The average Bonchev–Trinajstić information content (AvgIpc) is 2.82. The Morgan fingerprint density at radius 1 is 1.40 bits per heavy atom. The largest absolute Gasteiger partial charge is 0.379 e. The molecule has 2 aliphatic rings. The molecule has 0 aliphatic carbocycles. The lowest BCUT2D eigenvalue weighted by Crippen LogP contribution is -2.42. The number of amides is 2. The first kappa shape index (κ1) is 15.3. The SMILES string of the molecule is CC(C)N1C[C@H](C(=O)NCCN2CCOCC2)CC1=O. The van der Waals surface area contributed by atoms with Crippen molar-refractivity contribution in [3.63, 3.8) is 0 Å². The molecule has 114 valence electrons. The van der Waals surface area contributed by atoms with Gasteiger partial charge in [-0.25, -0.2) is 0 Å². The molecular weight excluding hydrogens is 258 g/mol. The van der Waals surface area contributed by atoms with Crippen molar-refractivity contribution in [3.05, 3.63) is 0 Å². The van der Waals surface area contributed by atoms with Crippen molar-refractivity contribution in [1.82, 2.24) is 15.1 Å². The van der Waals surface area contributed by atoms with Gasteiger partial charge in [0.2, 0.25) is 11.8 Å². The van der Waals surface area contributed by atoms with Gasteiger partial charge in [-0.1, -0.05) is 0 Å². The Morgan fingerprint density at radius 2 is 2.10 bits per heavy atom. The summed E-state index contributed by atoms with van der Waals surface area (Å²) >= 11 is 0. The first-order chi connectivity index (χ1) is 9.58. The third kappa shape index (κ3) is 3.93. The first-order valence-electron chi connectivity index (χ1n) is 7.45. The van der Waals surface area contributed by atoms with Gasteiger partial charge in [-0.3, -0.25) is 14.5 Å². The molecule has 6 heteroatoms. The van der Waals surface area contributed by atoms with Gasteiger partial charge >= 0.3 is 0 Å². The zero-order valence-electron chi connectivity index (χ0n) is 12.4. The van der Waals surface area contributed by atoms with Gasteiger partial charge in [-0.05, 0) is 13.8 Å². The van der Waals surface area contributed by atoms with Crippen molar-refractivity contribution in [2.24, 2.45) is 5.92 Å². The number of hydrogen-bond donors (Lipinski definition) is 1. The Balaban J connectivity index is 1.68. The fourth-order valence-electron chi connectivity index (χ4n) is 2.71. The highest BCUT2D eigenvalue weighted by molar-refractivity contribution is 5.89. The van der Waals surface area contributed by atoms with Gasteiger partial charge in [-0.2, -0.15) is 0 Å². The quantitative estimate of drug-likeness (QED) is 0.752. The predicted molar refractivity (Wildman–Crippen MR) is 75.2 cm³/mol. The van der Waals surface area contributed by atoms with Gasteiger partial charge in [0.1, 0.15) is 0 Å². The van der Waals surface area contributed by atoms with Gasteiger partial charge in [0, 0.05) is 45.2 Å². The molecule has 20 heavy (non-hydrogen) atoms. The lowest BCUT2D eigenvalue weighted by atomic mass is 10.1. The second-order valence-electron chi connectivity index (χ2n) is 5.79. The monoisotopic (exact) mass is 283 g/mol. The summed E-state index contributed by atoms with van der Waals surface area (Å²) in [4.78, 5) is 27.9. The van der Waals surface area contributed by atoms with Crippen molar-refractivity contribution in [2.75, 3.05) is 45.9 Å². The lowest BCUT2D eigenvalue weighted by Gasteiger charge is -2.26. The van der Waals surface area contributed by atoms with Crippen molar-refractivity contribution in [3.8, 4) is 0 Å². The molecular formula is C14H25N3O3. The Morgan fingerprint density at radius 3 is 2.70 bits per heavy atom. The molecule has 2 fully saturated rings. The van der Waals surface area contributed by atoms with E-state index in [4.69, 9.17) is 4.74 Å². The van der Waals surface area contributed by atoms with Crippen LogP contribution >= 0.6 is 0 Å². The van der Waals surface area contributed by atoms with E-state index in [9.17, 15) is 9.59 Å². The summed E-state index contributed by atoms with van der Waals surface area (Å²) in [5.41, 5.74) is 0. The molecule has 2 saturated heterocycles. The van der Waals surface area contributed by atoms with E-state index in [1.165, 1.54) is 0 Å². The number of hydrogen-bond acceptors (Lipinski definition) is 4. The van der Waals surface area contributed by atoms with Gasteiger partial charge < -0.3 is 15.0 Å². The Labute approximate surface area is 120 Å². The number of morpholine rings is 1. The predicted octanol–water partition coefficient (Wildman–Crippen LogP) is -0.308. The molecule has 0 bridgehead atoms. The minimum Gasteiger partial charge on any atom is -0.379 e. The normalized spacial score (nSPS) is 24.4. The fourth-order valence-corrected chi connectivity index (χ4v) is 2.71. The van der Waals surface area contributed by atoms with Crippen molar-refractivity contribution >= 4 is 11.8 Å². The molecule has 0 aromatic carbocycles. The van der Waals surface area contributed by atoms with E-state index in [0.29, 0.717) is 19.5 Å². The minimum atomic E-state index is -0.186. The highest BCUT2D eigenvalue weighted by Gasteiger charge is 2.35. The second kappa shape index (κ2) is 7.04. The number of likely N-dealkylation sites (tertiary alicyclic amines) is 1. The molecule has 2 heterocycles. The van der Waals surface area contributed by atoms with Gasteiger partial charge in [0.15, 0.2) is 0 Å². The Kier molecular flexibility index (Phi) is 5.37. The zero-order chi connectivity index (χ0) is 14.5. The van der Waals surface area contributed by atoms with Crippen LogP contribution in [0, 0.1) is 5.92 Å². The third-order valence-electron chi connectivity index (χ3n) is 3.98. The highest BCUT2D eigenvalue weighted by atomic mass is 16.5. The fraction of sp³-hybridized carbons (Fsp3) is 0.857. The van der Waals surface area contributed by atoms with Crippen LogP contribution in [0.2, 0.25) is 0 Å². The molecule has 2 rings (SSSR count). The topological polar surface area (TPSA) is 61.9 Å². The van der Waals surface area contributed by atoms with E-state index in [2.05, 4.69) is 10.2 Å². The summed E-state index contributed by atoms with van der Waals surface area (Å²) in [5, 5.41) is 2.95. The van der Waals surface area contributed by atoms with E-state index in [1.54, 1.807) is 4.90 Å². The summed E-state index contributed by atoms with van der Waals surface area (Å²) in [7, 11) is 0. The number of nitrogens with zero attached hydrogens (tertiary/aromatic N) is 2. The van der Waals surface area contributed by atoms with Crippen LogP contribution in [0.15, 0.2) is 0 Å². The van der Waals surface area contributed by atoms with E-state index in [-0.39, 0.29) is 23.8 Å². The number of carbonyl (C=O) groups is 2. The Bertz CT molecular complexity index is 354. The molecule has 0 radical (unpaired) electrons. The average molecular weight is 283 g/mol. The van der Waals surface area contributed by atoms with Crippen LogP contribution in [-0.2, 0) is 14.3 Å². The third-order valence-corrected chi connectivity index (χ3v) is 3.98. The van der Waals surface area contributed by atoms with Crippen molar-refractivity contribution < 1.29 is 14.3 Å². The van der Waals surface area contributed by atoms with Crippen LogP contribution in [0.25, 0.3) is 0 Å². The summed E-state index contributed by atoms with van der Waals surface area (Å²) < 4.78 is 5.28.